The molecule has 0 aliphatic rings. The van der Waals surface area contributed by atoms with Crippen LogP contribution in [0.5, 0.6) is 0 Å². The van der Waals surface area contributed by atoms with Gasteiger partial charge in [0.15, 0.2) is 11.0 Å². The highest BCUT2D eigenvalue weighted by atomic mass is 79.9. The number of thioether (sulfide) groups is 1. The number of amides is 1. The minimum atomic E-state index is -0.171. The molecule has 9 heteroatoms. The molecule has 1 aromatic heterocycles. The van der Waals surface area contributed by atoms with Gasteiger partial charge < -0.3 is 9.88 Å². The SMILES string of the molecule is Cn1c(SCC(=O)Nc2ccc(Br)cc2Cl)nnc1-c1ccc(Cl)cc1. The fourth-order valence-electron chi connectivity index (χ4n) is 2.20. The van der Waals surface area contributed by atoms with E-state index in [1.807, 2.05) is 29.8 Å². The molecule has 0 saturated carbocycles. The molecule has 1 amide bonds. The maximum absolute atomic E-state index is 12.2. The first-order valence-corrected chi connectivity index (χ1v) is 10.0. The number of halogens is 3. The number of hydrogen-bond acceptors (Lipinski definition) is 4. The molecule has 3 aromatic rings. The lowest BCUT2D eigenvalue weighted by Gasteiger charge is -2.07. The predicted octanol–water partition coefficient (Wildman–Crippen LogP) is 5.28. The number of rotatable bonds is 5. The lowest BCUT2D eigenvalue weighted by atomic mass is 10.2. The van der Waals surface area contributed by atoms with Gasteiger partial charge in [-0.15, -0.1) is 10.2 Å². The van der Waals surface area contributed by atoms with Crippen LogP contribution in [-0.4, -0.2) is 26.4 Å². The van der Waals surface area contributed by atoms with Gasteiger partial charge in [0.1, 0.15) is 0 Å². The first-order valence-electron chi connectivity index (χ1n) is 7.47. The van der Waals surface area contributed by atoms with Gasteiger partial charge in [-0.05, 0) is 42.5 Å². The number of carbonyl (C=O) groups excluding carboxylic acids is 1. The Labute approximate surface area is 173 Å². The minimum Gasteiger partial charge on any atom is -0.324 e. The zero-order valence-electron chi connectivity index (χ0n) is 13.5. The Bertz CT molecular complexity index is 946. The first kappa shape index (κ1) is 19.2. The number of benzene rings is 2. The maximum Gasteiger partial charge on any atom is 0.234 e. The van der Waals surface area contributed by atoms with E-state index >= 15 is 0 Å². The van der Waals surface area contributed by atoms with E-state index < -0.39 is 0 Å². The highest BCUT2D eigenvalue weighted by Gasteiger charge is 2.13. The predicted molar refractivity (Wildman–Crippen MR) is 110 cm³/mol. The van der Waals surface area contributed by atoms with Gasteiger partial charge in [-0.2, -0.15) is 0 Å². The summed E-state index contributed by atoms with van der Waals surface area (Å²) in [5.74, 6) is 0.731. The minimum absolute atomic E-state index is 0.171. The van der Waals surface area contributed by atoms with Gasteiger partial charge in [-0.1, -0.05) is 50.9 Å². The van der Waals surface area contributed by atoms with E-state index in [0.717, 1.165) is 10.0 Å². The second-order valence-corrected chi connectivity index (χ2v) is 8.03. The van der Waals surface area contributed by atoms with E-state index in [4.69, 9.17) is 23.2 Å². The summed E-state index contributed by atoms with van der Waals surface area (Å²) in [6.07, 6.45) is 0. The number of anilines is 1. The summed E-state index contributed by atoms with van der Waals surface area (Å²) in [5.41, 5.74) is 1.47. The van der Waals surface area contributed by atoms with Crippen molar-refractivity contribution in [1.29, 1.82) is 0 Å². The normalized spacial score (nSPS) is 10.8. The fraction of sp³-hybridized carbons (Fsp3) is 0.118. The third-order valence-electron chi connectivity index (χ3n) is 3.47. The van der Waals surface area contributed by atoms with Crippen molar-refractivity contribution in [3.05, 3.63) is 57.0 Å². The fourth-order valence-corrected chi connectivity index (χ4v) is 3.76. The summed E-state index contributed by atoms with van der Waals surface area (Å²) in [5, 5.41) is 12.9. The second kappa shape index (κ2) is 8.43. The van der Waals surface area contributed by atoms with Crippen LogP contribution >= 0.6 is 50.9 Å². The molecule has 0 unspecified atom stereocenters. The van der Waals surface area contributed by atoms with Crippen molar-refractivity contribution in [3.63, 3.8) is 0 Å². The molecule has 0 spiro atoms. The van der Waals surface area contributed by atoms with Gasteiger partial charge >= 0.3 is 0 Å². The van der Waals surface area contributed by atoms with Gasteiger partial charge in [-0.25, -0.2) is 0 Å². The monoisotopic (exact) mass is 470 g/mol. The van der Waals surface area contributed by atoms with Gasteiger partial charge in [0.25, 0.3) is 0 Å². The summed E-state index contributed by atoms with van der Waals surface area (Å²) in [4.78, 5) is 12.2. The quantitative estimate of drug-likeness (QED) is 0.514. The van der Waals surface area contributed by atoms with Crippen molar-refractivity contribution in [2.75, 3.05) is 11.1 Å². The molecule has 26 heavy (non-hydrogen) atoms. The van der Waals surface area contributed by atoms with Gasteiger partial charge in [0, 0.05) is 22.1 Å². The molecule has 0 saturated heterocycles. The van der Waals surface area contributed by atoms with E-state index in [1.165, 1.54) is 11.8 Å². The van der Waals surface area contributed by atoms with Crippen molar-refractivity contribution >= 4 is 62.5 Å². The molecule has 5 nitrogen and oxygen atoms in total. The molecule has 0 radical (unpaired) electrons. The third-order valence-corrected chi connectivity index (χ3v) is 5.55. The molecule has 0 atom stereocenters. The molecule has 3 rings (SSSR count). The van der Waals surface area contributed by atoms with Crippen LogP contribution in [0, 0.1) is 0 Å². The van der Waals surface area contributed by atoms with Crippen LogP contribution in [0.1, 0.15) is 0 Å². The first-order chi connectivity index (χ1) is 12.4. The summed E-state index contributed by atoms with van der Waals surface area (Å²) < 4.78 is 2.69. The molecule has 1 N–H and O–H groups in total. The number of carbonyl (C=O) groups is 1. The lowest BCUT2D eigenvalue weighted by Crippen LogP contribution is -2.14. The summed E-state index contributed by atoms with van der Waals surface area (Å²) >= 11 is 16.7. The summed E-state index contributed by atoms with van der Waals surface area (Å²) in [7, 11) is 1.86. The maximum atomic E-state index is 12.2. The largest absolute Gasteiger partial charge is 0.324 e. The highest BCUT2D eigenvalue weighted by molar-refractivity contribution is 9.10. The lowest BCUT2D eigenvalue weighted by molar-refractivity contribution is -0.113. The van der Waals surface area contributed by atoms with Crippen molar-refractivity contribution in [2.45, 2.75) is 5.16 Å². The third kappa shape index (κ3) is 4.59. The molecule has 0 fully saturated rings. The highest BCUT2D eigenvalue weighted by Crippen LogP contribution is 2.27. The molecular weight excluding hydrogens is 459 g/mol. The Kier molecular flexibility index (Phi) is 6.24. The van der Waals surface area contributed by atoms with Crippen LogP contribution in [0.3, 0.4) is 0 Å². The average molecular weight is 472 g/mol. The van der Waals surface area contributed by atoms with E-state index in [9.17, 15) is 4.79 Å². The standard InChI is InChI=1S/C17H13BrCl2N4OS/c1-24-16(10-2-5-12(19)6-3-10)22-23-17(24)26-9-15(25)21-14-7-4-11(18)8-13(14)20/h2-8H,9H2,1H3,(H,21,25). The van der Waals surface area contributed by atoms with E-state index in [0.29, 0.717) is 26.7 Å². The van der Waals surface area contributed by atoms with Gasteiger partial charge in [0.05, 0.1) is 16.5 Å². The Morgan fingerprint density at radius 3 is 2.62 bits per heavy atom. The van der Waals surface area contributed by atoms with E-state index in [-0.39, 0.29) is 11.7 Å². The molecule has 0 bridgehead atoms. The molecule has 0 aliphatic heterocycles. The van der Waals surface area contributed by atoms with Crippen LogP contribution in [0.25, 0.3) is 11.4 Å². The zero-order chi connectivity index (χ0) is 18.7. The zero-order valence-corrected chi connectivity index (χ0v) is 17.5. The van der Waals surface area contributed by atoms with Gasteiger partial charge in [-0.3, -0.25) is 4.79 Å². The van der Waals surface area contributed by atoms with E-state index in [2.05, 4.69) is 31.4 Å². The van der Waals surface area contributed by atoms with Crippen LogP contribution in [0.2, 0.25) is 10.0 Å². The smallest absolute Gasteiger partial charge is 0.234 e. The number of nitrogens with one attached hydrogen (secondary N) is 1. The summed E-state index contributed by atoms with van der Waals surface area (Å²) in [6.45, 7) is 0. The van der Waals surface area contributed by atoms with Crippen LogP contribution in [-0.2, 0) is 11.8 Å². The van der Waals surface area contributed by atoms with Crippen LogP contribution in [0.4, 0.5) is 5.69 Å². The second-order valence-electron chi connectivity index (χ2n) is 5.33. The molecule has 2 aromatic carbocycles. The Morgan fingerprint density at radius 2 is 1.92 bits per heavy atom. The van der Waals surface area contributed by atoms with E-state index in [1.54, 1.807) is 24.3 Å². The van der Waals surface area contributed by atoms with Crippen molar-refractivity contribution in [3.8, 4) is 11.4 Å². The van der Waals surface area contributed by atoms with Crippen LogP contribution < -0.4 is 5.32 Å². The molecular formula is C17H13BrCl2N4OS. The molecule has 0 aliphatic carbocycles. The Balaban J connectivity index is 1.64. The number of aromatic nitrogens is 3. The van der Waals surface area contributed by atoms with Crippen molar-refractivity contribution in [2.24, 2.45) is 7.05 Å². The number of nitrogens with zero attached hydrogens (tertiary/aromatic N) is 3. The Hall–Kier alpha value is -1.54. The van der Waals surface area contributed by atoms with Crippen molar-refractivity contribution < 1.29 is 4.79 Å². The Morgan fingerprint density at radius 1 is 1.19 bits per heavy atom. The average Bonchev–Trinajstić information content (AvgIpc) is 2.97. The molecule has 1 heterocycles. The number of hydrogen-bond donors (Lipinski definition) is 1. The van der Waals surface area contributed by atoms with Crippen molar-refractivity contribution in [1.82, 2.24) is 14.8 Å². The topological polar surface area (TPSA) is 59.8 Å². The van der Waals surface area contributed by atoms with Crippen LogP contribution in [0.15, 0.2) is 52.1 Å². The van der Waals surface area contributed by atoms with Gasteiger partial charge in [0.2, 0.25) is 5.91 Å². The molecule has 134 valence electrons. The summed E-state index contributed by atoms with van der Waals surface area (Å²) in [6, 6.07) is 12.6.